The SMILES string of the molecule is O=C(C1CCC1)N1CCC(Oc2ccccc2)CC1. The second-order valence-corrected chi connectivity index (χ2v) is 5.58. The maximum absolute atomic E-state index is 12.1. The smallest absolute Gasteiger partial charge is 0.225 e. The van der Waals surface area contributed by atoms with E-state index in [9.17, 15) is 4.79 Å². The monoisotopic (exact) mass is 259 g/mol. The van der Waals surface area contributed by atoms with Gasteiger partial charge in [0.15, 0.2) is 0 Å². The predicted octanol–water partition coefficient (Wildman–Crippen LogP) is 2.86. The summed E-state index contributed by atoms with van der Waals surface area (Å²) in [5.74, 6) is 1.64. The molecule has 2 aliphatic rings. The van der Waals surface area contributed by atoms with Crippen molar-refractivity contribution in [3.8, 4) is 5.75 Å². The van der Waals surface area contributed by atoms with Gasteiger partial charge in [0.1, 0.15) is 11.9 Å². The summed E-state index contributed by atoms with van der Waals surface area (Å²) in [6.07, 6.45) is 5.58. The third-order valence-corrected chi connectivity index (χ3v) is 4.25. The topological polar surface area (TPSA) is 29.5 Å². The third kappa shape index (κ3) is 2.91. The molecule has 1 heterocycles. The molecule has 0 unspecified atom stereocenters. The fraction of sp³-hybridized carbons (Fsp3) is 0.562. The van der Waals surface area contributed by atoms with Crippen LogP contribution in [0.4, 0.5) is 0 Å². The molecule has 0 aromatic heterocycles. The molecule has 0 bridgehead atoms. The van der Waals surface area contributed by atoms with Gasteiger partial charge in [0, 0.05) is 31.8 Å². The molecule has 1 aromatic rings. The Hall–Kier alpha value is -1.51. The first-order chi connectivity index (χ1) is 9.33. The minimum Gasteiger partial charge on any atom is -0.490 e. The van der Waals surface area contributed by atoms with E-state index < -0.39 is 0 Å². The van der Waals surface area contributed by atoms with E-state index in [1.807, 2.05) is 35.2 Å². The Kier molecular flexibility index (Phi) is 3.72. The molecule has 3 nitrogen and oxygen atoms in total. The predicted molar refractivity (Wildman–Crippen MR) is 74.0 cm³/mol. The van der Waals surface area contributed by atoms with Gasteiger partial charge in [-0.25, -0.2) is 0 Å². The molecular formula is C16H21NO2. The number of ether oxygens (including phenoxy) is 1. The van der Waals surface area contributed by atoms with Gasteiger partial charge in [0.2, 0.25) is 5.91 Å². The highest BCUT2D eigenvalue weighted by Gasteiger charge is 2.31. The molecule has 3 heteroatoms. The first kappa shape index (κ1) is 12.5. The number of rotatable bonds is 3. The van der Waals surface area contributed by atoms with Gasteiger partial charge in [-0.2, -0.15) is 0 Å². The first-order valence-corrected chi connectivity index (χ1v) is 7.33. The lowest BCUT2D eigenvalue weighted by atomic mass is 9.84. The third-order valence-electron chi connectivity index (χ3n) is 4.25. The highest BCUT2D eigenvalue weighted by molar-refractivity contribution is 5.79. The van der Waals surface area contributed by atoms with Crippen LogP contribution in [-0.2, 0) is 4.79 Å². The van der Waals surface area contributed by atoms with Crippen LogP contribution in [0.5, 0.6) is 5.75 Å². The molecule has 1 saturated heterocycles. The molecule has 2 fully saturated rings. The standard InChI is InChI=1S/C16H21NO2/c18-16(13-5-4-6-13)17-11-9-15(10-12-17)19-14-7-2-1-3-8-14/h1-3,7-8,13,15H,4-6,9-12H2. The normalized spacial score (nSPS) is 20.9. The maximum Gasteiger partial charge on any atom is 0.225 e. The molecule has 0 radical (unpaired) electrons. The van der Waals surface area contributed by atoms with Crippen molar-refractivity contribution >= 4 is 5.91 Å². The van der Waals surface area contributed by atoms with E-state index in [1.54, 1.807) is 0 Å². The van der Waals surface area contributed by atoms with E-state index in [-0.39, 0.29) is 6.10 Å². The second kappa shape index (κ2) is 5.64. The summed E-state index contributed by atoms with van der Waals surface area (Å²) in [5, 5.41) is 0. The van der Waals surface area contributed by atoms with Crippen molar-refractivity contribution in [2.75, 3.05) is 13.1 Å². The van der Waals surface area contributed by atoms with E-state index in [1.165, 1.54) is 6.42 Å². The van der Waals surface area contributed by atoms with Crippen LogP contribution in [0.2, 0.25) is 0 Å². The van der Waals surface area contributed by atoms with Crippen LogP contribution < -0.4 is 4.74 Å². The van der Waals surface area contributed by atoms with E-state index in [2.05, 4.69) is 0 Å². The summed E-state index contributed by atoms with van der Waals surface area (Å²) in [7, 11) is 0. The summed E-state index contributed by atoms with van der Waals surface area (Å²) in [4.78, 5) is 14.2. The lowest BCUT2D eigenvalue weighted by molar-refractivity contribution is -0.140. The Morgan fingerprint density at radius 3 is 2.32 bits per heavy atom. The number of hydrogen-bond donors (Lipinski definition) is 0. The van der Waals surface area contributed by atoms with Crippen LogP contribution >= 0.6 is 0 Å². The molecule has 0 N–H and O–H groups in total. The molecule has 19 heavy (non-hydrogen) atoms. The van der Waals surface area contributed by atoms with Crippen molar-refractivity contribution in [2.24, 2.45) is 5.92 Å². The Bertz CT molecular complexity index is 420. The molecule has 0 spiro atoms. The van der Waals surface area contributed by atoms with Crippen LogP contribution in [0.3, 0.4) is 0 Å². The number of carbonyl (C=O) groups is 1. The summed E-state index contributed by atoms with van der Waals surface area (Å²) < 4.78 is 5.95. The van der Waals surface area contributed by atoms with Crippen molar-refractivity contribution in [1.82, 2.24) is 4.90 Å². The van der Waals surface area contributed by atoms with Crippen LogP contribution in [0.15, 0.2) is 30.3 Å². The number of likely N-dealkylation sites (tertiary alicyclic amines) is 1. The number of hydrogen-bond acceptors (Lipinski definition) is 2. The van der Waals surface area contributed by atoms with Crippen LogP contribution in [-0.4, -0.2) is 30.0 Å². The van der Waals surface area contributed by atoms with Crippen molar-refractivity contribution in [3.05, 3.63) is 30.3 Å². The van der Waals surface area contributed by atoms with Gasteiger partial charge in [-0.15, -0.1) is 0 Å². The zero-order chi connectivity index (χ0) is 13.1. The quantitative estimate of drug-likeness (QED) is 0.835. The Labute approximate surface area is 114 Å². The van der Waals surface area contributed by atoms with Gasteiger partial charge in [0.25, 0.3) is 0 Å². The van der Waals surface area contributed by atoms with Crippen molar-refractivity contribution in [2.45, 2.75) is 38.2 Å². The zero-order valence-electron chi connectivity index (χ0n) is 11.3. The lowest BCUT2D eigenvalue weighted by Crippen LogP contribution is -2.45. The van der Waals surface area contributed by atoms with Crippen LogP contribution in [0.25, 0.3) is 0 Å². The molecule has 1 aliphatic heterocycles. The zero-order valence-corrected chi connectivity index (χ0v) is 11.3. The number of para-hydroxylation sites is 1. The molecular weight excluding hydrogens is 238 g/mol. The number of piperidine rings is 1. The largest absolute Gasteiger partial charge is 0.490 e. The summed E-state index contributed by atoms with van der Waals surface area (Å²) in [6, 6.07) is 9.96. The number of nitrogens with zero attached hydrogens (tertiary/aromatic N) is 1. The average molecular weight is 259 g/mol. The van der Waals surface area contributed by atoms with E-state index >= 15 is 0 Å². The summed E-state index contributed by atoms with van der Waals surface area (Å²) in [6.45, 7) is 1.71. The van der Waals surface area contributed by atoms with Crippen molar-refractivity contribution in [3.63, 3.8) is 0 Å². The fourth-order valence-electron chi connectivity index (χ4n) is 2.80. The van der Waals surface area contributed by atoms with Gasteiger partial charge in [-0.3, -0.25) is 4.79 Å². The molecule has 1 amide bonds. The summed E-state index contributed by atoms with van der Waals surface area (Å²) >= 11 is 0. The average Bonchev–Trinajstić information content (AvgIpc) is 2.39. The molecule has 3 rings (SSSR count). The molecule has 1 saturated carbocycles. The molecule has 0 atom stereocenters. The first-order valence-electron chi connectivity index (χ1n) is 7.33. The number of benzene rings is 1. The van der Waals surface area contributed by atoms with Crippen molar-refractivity contribution in [1.29, 1.82) is 0 Å². The maximum atomic E-state index is 12.1. The summed E-state index contributed by atoms with van der Waals surface area (Å²) in [5.41, 5.74) is 0. The van der Waals surface area contributed by atoms with Gasteiger partial charge in [-0.05, 0) is 25.0 Å². The highest BCUT2D eigenvalue weighted by atomic mass is 16.5. The van der Waals surface area contributed by atoms with Gasteiger partial charge in [-0.1, -0.05) is 24.6 Å². The molecule has 1 aromatic carbocycles. The van der Waals surface area contributed by atoms with Crippen molar-refractivity contribution < 1.29 is 9.53 Å². The van der Waals surface area contributed by atoms with Gasteiger partial charge in [0.05, 0.1) is 0 Å². The Balaban J connectivity index is 1.48. The van der Waals surface area contributed by atoms with Crippen LogP contribution in [0, 0.1) is 5.92 Å². The minimum absolute atomic E-state index is 0.257. The lowest BCUT2D eigenvalue weighted by Gasteiger charge is -2.36. The van der Waals surface area contributed by atoms with E-state index in [0.717, 1.165) is 44.5 Å². The number of amides is 1. The molecule has 102 valence electrons. The second-order valence-electron chi connectivity index (χ2n) is 5.58. The number of carbonyl (C=O) groups excluding carboxylic acids is 1. The molecule has 1 aliphatic carbocycles. The van der Waals surface area contributed by atoms with Gasteiger partial charge < -0.3 is 9.64 Å². The minimum atomic E-state index is 0.257. The van der Waals surface area contributed by atoms with E-state index in [0.29, 0.717) is 11.8 Å². The van der Waals surface area contributed by atoms with Crippen LogP contribution in [0.1, 0.15) is 32.1 Å². The fourth-order valence-corrected chi connectivity index (χ4v) is 2.80. The van der Waals surface area contributed by atoms with Gasteiger partial charge >= 0.3 is 0 Å². The Morgan fingerprint density at radius 2 is 1.74 bits per heavy atom. The van der Waals surface area contributed by atoms with E-state index in [4.69, 9.17) is 4.74 Å². The Morgan fingerprint density at radius 1 is 1.05 bits per heavy atom. The highest BCUT2D eigenvalue weighted by Crippen LogP contribution is 2.29.